The highest BCUT2D eigenvalue weighted by Gasteiger charge is 2.13. The summed E-state index contributed by atoms with van der Waals surface area (Å²) in [5, 5.41) is 3.31. The van der Waals surface area contributed by atoms with Gasteiger partial charge >= 0.3 is 0 Å². The van der Waals surface area contributed by atoms with Crippen molar-refractivity contribution in [2.45, 2.75) is 13.5 Å². The van der Waals surface area contributed by atoms with Crippen LogP contribution in [0, 0.1) is 6.92 Å². The summed E-state index contributed by atoms with van der Waals surface area (Å²) in [7, 11) is 0. The highest BCUT2D eigenvalue weighted by Crippen LogP contribution is 2.34. The molecule has 3 aromatic rings. The molecule has 0 fully saturated rings. The van der Waals surface area contributed by atoms with Crippen molar-refractivity contribution >= 4 is 21.6 Å². The van der Waals surface area contributed by atoms with E-state index in [4.69, 9.17) is 5.73 Å². The molecule has 1 aromatic carbocycles. The van der Waals surface area contributed by atoms with Crippen molar-refractivity contribution in [2.24, 2.45) is 5.73 Å². The predicted molar refractivity (Wildman–Crippen MR) is 77.7 cm³/mol. The Bertz CT molecular complexity index is 686. The van der Waals surface area contributed by atoms with E-state index in [0.29, 0.717) is 6.54 Å². The number of thiophene rings is 1. The quantitative estimate of drug-likeness (QED) is 0.756. The molecule has 18 heavy (non-hydrogen) atoms. The molecule has 90 valence electrons. The molecular formula is C15H14N2S. The van der Waals surface area contributed by atoms with E-state index in [1.807, 2.05) is 6.07 Å². The fraction of sp³-hybridized carbons (Fsp3) is 0.133. The van der Waals surface area contributed by atoms with E-state index in [1.54, 1.807) is 11.3 Å². The smallest absolute Gasteiger partial charge is 0.124 e. The first-order valence-corrected chi connectivity index (χ1v) is 6.81. The van der Waals surface area contributed by atoms with Crippen molar-refractivity contribution in [3.05, 3.63) is 53.0 Å². The molecule has 0 saturated carbocycles. The lowest BCUT2D eigenvalue weighted by molar-refractivity contribution is 0.989. The second-order valence-corrected chi connectivity index (χ2v) is 5.16. The largest absolute Gasteiger partial charge is 0.325 e. The summed E-state index contributed by atoms with van der Waals surface area (Å²) in [5.74, 6) is 0. The molecule has 0 unspecified atom stereocenters. The van der Waals surface area contributed by atoms with E-state index < -0.39 is 0 Å². The summed E-state index contributed by atoms with van der Waals surface area (Å²) in [6, 6.07) is 12.6. The molecule has 3 heteroatoms. The maximum Gasteiger partial charge on any atom is 0.124 e. The summed E-state index contributed by atoms with van der Waals surface area (Å²) in [6.45, 7) is 2.59. The zero-order valence-electron chi connectivity index (χ0n) is 10.2. The van der Waals surface area contributed by atoms with E-state index in [9.17, 15) is 0 Å². The minimum Gasteiger partial charge on any atom is -0.325 e. The van der Waals surface area contributed by atoms with Crippen LogP contribution in [-0.4, -0.2) is 4.98 Å². The maximum atomic E-state index is 5.80. The lowest BCUT2D eigenvalue weighted by Crippen LogP contribution is -2.03. The number of nitrogens with two attached hydrogens (primary N) is 1. The van der Waals surface area contributed by atoms with Crippen molar-refractivity contribution in [3.8, 4) is 11.1 Å². The third-order valence-electron chi connectivity index (χ3n) is 3.21. The monoisotopic (exact) mass is 254 g/mol. The van der Waals surface area contributed by atoms with Gasteiger partial charge in [0.05, 0.1) is 5.69 Å². The Hall–Kier alpha value is -1.71. The number of nitrogens with zero attached hydrogens (tertiary/aromatic N) is 1. The van der Waals surface area contributed by atoms with Crippen LogP contribution < -0.4 is 5.73 Å². The summed E-state index contributed by atoms with van der Waals surface area (Å²) in [5.41, 5.74) is 10.5. The average Bonchev–Trinajstić information content (AvgIpc) is 2.86. The molecule has 2 N–H and O–H groups in total. The first-order chi connectivity index (χ1) is 8.81. The van der Waals surface area contributed by atoms with Gasteiger partial charge < -0.3 is 5.73 Å². The zero-order valence-corrected chi connectivity index (χ0v) is 11.0. The predicted octanol–water partition coefficient (Wildman–Crippen LogP) is 3.73. The van der Waals surface area contributed by atoms with Crippen LogP contribution in [0.5, 0.6) is 0 Å². The number of benzene rings is 1. The SMILES string of the molecule is Cc1c(CN)nc2sccc2c1-c1ccccc1. The Labute approximate surface area is 110 Å². The van der Waals surface area contributed by atoms with E-state index in [0.717, 1.165) is 10.5 Å². The molecule has 3 rings (SSSR count). The van der Waals surface area contributed by atoms with Gasteiger partial charge in [-0.1, -0.05) is 30.3 Å². The molecule has 0 amide bonds. The van der Waals surface area contributed by atoms with Gasteiger partial charge in [0.15, 0.2) is 0 Å². The molecule has 2 heterocycles. The lowest BCUT2D eigenvalue weighted by Gasteiger charge is -2.11. The summed E-state index contributed by atoms with van der Waals surface area (Å²) in [4.78, 5) is 5.70. The van der Waals surface area contributed by atoms with E-state index in [1.165, 1.54) is 22.1 Å². The summed E-state index contributed by atoms with van der Waals surface area (Å²) < 4.78 is 0. The fourth-order valence-corrected chi connectivity index (χ4v) is 3.10. The Morgan fingerprint density at radius 3 is 2.67 bits per heavy atom. The molecule has 0 aliphatic carbocycles. The number of hydrogen-bond acceptors (Lipinski definition) is 3. The molecule has 0 radical (unpaired) electrons. The van der Waals surface area contributed by atoms with Crippen molar-refractivity contribution in [1.29, 1.82) is 0 Å². The van der Waals surface area contributed by atoms with Gasteiger partial charge in [-0.05, 0) is 35.1 Å². The number of hydrogen-bond donors (Lipinski definition) is 1. The van der Waals surface area contributed by atoms with Crippen LogP contribution in [0.15, 0.2) is 41.8 Å². The van der Waals surface area contributed by atoms with E-state index in [-0.39, 0.29) is 0 Å². The van der Waals surface area contributed by atoms with Crippen molar-refractivity contribution < 1.29 is 0 Å². The summed E-state index contributed by atoms with van der Waals surface area (Å²) in [6.07, 6.45) is 0. The van der Waals surface area contributed by atoms with Gasteiger partial charge in [-0.25, -0.2) is 4.98 Å². The minimum absolute atomic E-state index is 0.486. The minimum atomic E-state index is 0.486. The molecule has 0 spiro atoms. The van der Waals surface area contributed by atoms with E-state index >= 15 is 0 Å². The number of pyridine rings is 1. The van der Waals surface area contributed by atoms with Crippen molar-refractivity contribution in [1.82, 2.24) is 4.98 Å². The van der Waals surface area contributed by atoms with Gasteiger partial charge in [0, 0.05) is 11.9 Å². The van der Waals surface area contributed by atoms with Crippen LogP contribution in [0.25, 0.3) is 21.3 Å². The lowest BCUT2D eigenvalue weighted by atomic mass is 9.97. The average molecular weight is 254 g/mol. The van der Waals surface area contributed by atoms with Crippen LogP contribution in [-0.2, 0) is 6.54 Å². The first kappa shape index (κ1) is 11.4. The van der Waals surface area contributed by atoms with Crippen LogP contribution in [0.1, 0.15) is 11.3 Å². The summed E-state index contributed by atoms with van der Waals surface area (Å²) >= 11 is 1.67. The molecule has 2 aromatic heterocycles. The molecule has 0 atom stereocenters. The van der Waals surface area contributed by atoms with Crippen molar-refractivity contribution in [3.63, 3.8) is 0 Å². The van der Waals surface area contributed by atoms with Gasteiger partial charge in [-0.2, -0.15) is 0 Å². The van der Waals surface area contributed by atoms with E-state index in [2.05, 4.69) is 47.6 Å². The highest BCUT2D eigenvalue weighted by molar-refractivity contribution is 7.16. The topological polar surface area (TPSA) is 38.9 Å². The molecule has 0 aliphatic heterocycles. The Kier molecular flexibility index (Phi) is 2.86. The first-order valence-electron chi connectivity index (χ1n) is 5.93. The van der Waals surface area contributed by atoms with Crippen LogP contribution in [0.3, 0.4) is 0 Å². The van der Waals surface area contributed by atoms with Crippen LogP contribution in [0.4, 0.5) is 0 Å². The van der Waals surface area contributed by atoms with Gasteiger partial charge in [-0.3, -0.25) is 0 Å². The van der Waals surface area contributed by atoms with Gasteiger partial charge in [-0.15, -0.1) is 11.3 Å². The van der Waals surface area contributed by atoms with Crippen LogP contribution >= 0.6 is 11.3 Å². The molecule has 0 aliphatic rings. The maximum absolute atomic E-state index is 5.80. The highest BCUT2D eigenvalue weighted by atomic mass is 32.1. The van der Waals surface area contributed by atoms with Crippen molar-refractivity contribution in [2.75, 3.05) is 0 Å². The third kappa shape index (κ3) is 1.72. The molecule has 2 nitrogen and oxygen atoms in total. The number of fused-ring (bicyclic) bond motifs is 1. The second kappa shape index (κ2) is 4.52. The number of rotatable bonds is 2. The zero-order chi connectivity index (χ0) is 12.5. The molecule has 0 bridgehead atoms. The Morgan fingerprint density at radius 1 is 1.17 bits per heavy atom. The molecule has 0 saturated heterocycles. The van der Waals surface area contributed by atoms with Gasteiger partial charge in [0.25, 0.3) is 0 Å². The Morgan fingerprint density at radius 2 is 1.94 bits per heavy atom. The standard InChI is InChI=1S/C15H14N2S/c1-10-13(9-16)17-15-12(7-8-18-15)14(10)11-5-3-2-4-6-11/h2-8H,9,16H2,1H3. The fourth-order valence-electron chi connectivity index (χ4n) is 2.31. The van der Waals surface area contributed by atoms with Gasteiger partial charge in [0.2, 0.25) is 0 Å². The third-order valence-corrected chi connectivity index (χ3v) is 4.02. The van der Waals surface area contributed by atoms with Crippen LogP contribution in [0.2, 0.25) is 0 Å². The Balaban J connectivity index is 2.39. The second-order valence-electron chi connectivity index (χ2n) is 4.27. The van der Waals surface area contributed by atoms with Gasteiger partial charge in [0.1, 0.15) is 4.83 Å². The molecular weight excluding hydrogens is 240 g/mol. The normalized spacial score (nSPS) is 11.0. The number of aromatic nitrogens is 1.